The van der Waals surface area contributed by atoms with E-state index < -0.39 is 5.97 Å². The van der Waals surface area contributed by atoms with Gasteiger partial charge in [-0.3, -0.25) is 4.79 Å². The van der Waals surface area contributed by atoms with Crippen LogP contribution in [0.3, 0.4) is 0 Å². The van der Waals surface area contributed by atoms with Crippen LogP contribution in [-0.4, -0.2) is 11.1 Å². The van der Waals surface area contributed by atoms with Crippen LogP contribution in [0, 0.1) is 17.8 Å². The van der Waals surface area contributed by atoms with Crippen molar-refractivity contribution in [1.29, 1.82) is 0 Å². The standard InChI is InChI=1S/C9H14O2/c10-9(11)5-8-6-1-2-7(8)4-3-6/h6-8H,1-5H2,(H,10,11). The van der Waals surface area contributed by atoms with Gasteiger partial charge >= 0.3 is 5.97 Å². The van der Waals surface area contributed by atoms with Crippen molar-refractivity contribution in [3.05, 3.63) is 0 Å². The molecule has 11 heavy (non-hydrogen) atoms. The molecule has 0 aliphatic heterocycles. The number of hydrogen-bond acceptors (Lipinski definition) is 1. The molecule has 0 heterocycles. The van der Waals surface area contributed by atoms with E-state index in [1.165, 1.54) is 25.7 Å². The van der Waals surface area contributed by atoms with Crippen molar-refractivity contribution in [2.24, 2.45) is 17.8 Å². The first-order valence-corrected chi connectivity index (χ1v) is 4.49. The maximum Gasteiger partial charge on any atom is 0.303 e. The summed E-state index contributed by atoms with van der Waals surface area (Å²) >= 11 is 0. The lowest BCUT2D eigenvalue weighted by molar-refractivity contribution is -0.138. The summed E-state index contributed by atoms with van der Waals surface area (Å²) in [4.78, 5) is 10.5. The maximum absolute atomic E-state index is 10.5. The SMILES string of the molecule is O=C(O)CC1C2CCC1CC2. The van der Waals surface area contributed by atoms with E-state index in [4.69, 9.17) is 5.11 Å². The zero-order valence-electron chi connectivity index (χ0n) is 6.62. The van der Waals surface area contributed by atoms with Gasteiger partial charge in [0, 0.05) is 6.42 Å². The van der Waals surface area contributed by atoms with Crippen molar-refractivity contribution in [1.82, 2.24) is 0 Å². The molecule has 2 bridgehead atoms. The van der Waals surface area contributed by atoms with Crippen molar-refractivity contribution < 1.29 is 9.90 Å². The van der Waals surface area contributed by atoms with Crippen LogP contribution >= 0.6 is 0 Å². The molecule has 2 nitrogen and oxygen atoms in total. The Hall–Kier alpha value is -0.530. The fourth-order valence-electron chi connectivity index (χ4n) is 2.92. The van der Waals surface area contributed by atoms with Gasteiger partial charge in [0.1, 0.15) is 0 Å². The molecule has 0 unspecified atom stereocenters. The van der Waals surface area contributed by atoms with Gasteiger partial charge in [-0.25, -0.2) is 0 Å². The van der Waals surface area contributed by atoms with Gasteiger partial charge in [0.05, 0.1) is 0 Å². The first-order chi connectivity index (χ1) is 5.27. The molecule has 0 aromatic heterocycles. The van der Waals surface area contributed by atoms with Crippen LogP contribution in [0.15, 0.2) is 0 Å². The quantitative estimate of drug-likeness (QED) is 0.659. The van der Waals surface area contributed by atoms with E-state index in [1.54, 1.807) is 0 Å². The Labute approximate surface area is 66.6 Å². The van der Waals surface area contributed by atoms with Crippen LogP contribution in [0.1, 0.15) is 32.1 Å². The summed E-state index contributed by atoms with van der Waals surface area (Å²) in [6.45, 7) is 0. The van der Waals surface area contributed by atoms with E-state index in [1.807, 2.05) is 0 Å². The second-order valence-electron chi connectivity index (χ2n) is 3.94. The molecule has 2 fully saturated rings. The lowest BCUT2D eigenvalue weighted by Crippen LogP contribution is -2.11. The van der Waals surface area contributed by atoms with Crippen molar-refractivity contribution in [2.75, 3.05) is 0 Å². The molecule has 0 aromatic carbocycles. The second kappa shape index (κ2) is 2.50. The van der Waals surface area contributed by atoms with Gasteiger partial charge in [0.15, 0.2) is 0 Å². The minimum Gasteiger partial charge on any atom is -0.481 e. The van der Waals surface area contributed by atoms with E-state index in [0.29, 0.717) is 12.3 Å². The number of hydrogen-bond donors (Lipinski definition) is 1. The van der Waals surface area contributed by atoms with E-state index in [0.717, 1.165) is 11.8 Å². The number of fused-ring (bicyclic) bond motifs is 2. The smallest absolute Gasteiger partial charge is 0.303 e. The Bertz CT molecular complexity index is 156. The van der Waals surface area contributed by atoms with Gasteiger partial charge in [-0.2, -0.15) is 0 Å². The Morgan fingerprint density at radius 2 is 1.64 bits per heavy atom. The third-order valence-corrected chi connectivity index (χ3v) is 3.44. The highest BCUT2D eigenvalue weighted by Gasteiger charge is 2.42. The normalized spacial score (nSPS) is 41.3. The Kier molecular flexibility index (Phi) is 1.63. The van der Waals surface area contributed by atoms with Crippen LogP contribution in [0.4, 0.5) is 0 Å². The molecule has 0 saturated heterocycles. The highest BCUT2D eigenvalue weighted by atomic mass is 16.4. The molecule has 62 valence electrons. The summed E-state index contributed by atoms with van der Waals surface area (Å²) in [6, 6.07) is 0. The fourth-order valence-corrected chi connectivity index (χ4v) is 2.92. The lowest BCUT2D eigenvalue weighted by Gasteiger charge is -2.11. The van der Waals surface area contributed by atoms with Crippen molar-refractivity contribution in [3.8, 4) is 0 Å². The summed E-state index contributed by atoms with van der Waals surface area (Å²) in [5.74, 6) is 1.45. The molecule has 2 rings (SSSR count). The summed E-state index contributed by atoms with van der Waals surface area (Å²) < 4.78 is 0. The molecular formula is C9H14O2. The number of aliphatic carboxylic acids is 1. The Balaban J connectivity index is 1.99. The van der Waals surface area contributed by atoms with Gasteiger partial charge in [0.25, 0.3) is 0 Å². The molecule has 2 saturated carbocycles. The molecule has 0 radical (unpaired) electrons. The van der Waals surface area contributed by atoms with E-state index in [2.05, 4.69) is 0 Å². The Morgan fingerprint density at radius 3 is 2.00 bits per heavy atom. The average Bonchev–Trinajstić information content (AvgIpc) is 2.48. The molecule has 0 aromatic rings. The van der Waals surface area contributed by atoms with E-state index in [9.17, 15) is 4.79 Å². The molecule has 0 atom stereocenters. The number of carbonyl (C=O) groups is 1. The van der Waals surface area contributed by atoms with Crippen molar-refractivity contribution >= 4 is 5.97 Å². The van der Waals surface area contributed by atoms with E-state index >= 15 is 0 Å². The van der Waals surface area contributed by atoms with Gasteiger partial charge in [0.2, 0.25) is 0 Å². The highest BCUT2D eigenvalue weighted by molar-refractivity contribution is 5.67. The minimum atomic E-state index is -0.603. The number of rotatable bonds is 2. The summed E-state index contributed by atoms with van der Waals surface area (Å²) in [7, 11) is 0. The number of carboxylic acids is 1. The molecule has 2 aliphatic carbocycles. The van der Waals surface area contributed by atoms with Gasteiger partial charge < -0.3 is 5.11 Å². The molecule has 0 spiro atoms. The average molecular weight is 154 g/mol. The summed E-state index contributed by atoms with van der Waals surface area (Å²) in [5.41, 5.74) is 0. The highest BCUT2D eigenvalue weighted by Crippen LogP contribution is 2.50. The first kappa shape index (κ1) is 7.14. The largest absolute Gasteiger partial charge is 0.481 e. The zero-order chi connectivity index (χ0) is 7.84. The van der Waals surface area contributed by atoms with Crippen LogP contribution in [0.25, 0.3) is 0 Å². The third kappa shape index (κ3) is 1.15. The molecular weight excluding hydrogens is 140 g/mol. The molecule has 2 aliphatic rings. The predicted octanol–water partition coefficient (Wildman–Crippen LogP) is 1.90. The van der Waals surface area contributed by atoms with Gasteiger partial charge in [-0.1, -0.05) is 0 Å². The first-order valence-electron chi connectivity index (χ1n) is 4.49. The fraction of sp³-hybridized carbons (Fsp3) is 0.889. The summed E-state index contributed by atoms with van der Waals surface area (Å²) in [5, 5.41) is 8.64. The molecule has 0 amide bonds. The van der Waals surface area contributed by atoms with Crippen LogP contribution in [-0.2, 0) is 4.79 Å². The predicted molar refractivity (Wildman–Crippen MR) is 41.2 cm³/mol. The van der Waals surface area contributed by atoms with Crippen molar-refractivity contribution in [2.45, 2.75) is 32.1 Å². The van der Waals surface area contributed by atoms with Gasteiger partial charge in [-0.05, 0) is 43.4 Å². The topological polar surface area (TPSA) is 37.3 Å². The molecule has 2 heteroatoms. The van der Waals surface area contributed by atoms with Gasteiger partial charge in [-0.15, -0.1) is 0 Å². The lowest BCUT2D eigenvalue weighted by atomic mass is 9.94. The maximum atomic E-state index is 10.5. The third-order valence-electron chi connectivity index (χ3n) is 3.44. The molecule has 1 N–H and O–H groups in total. The number of carboxylic acid groups (broad SMARTS) is 1. The monoisotopic (exact) mass is 154 g/mol. The Morgan fingerprint density at radius 1 is 1.18 bits per heavy atom. The van der Waals surface area contributed by atoms with Crippen LogP contribution < -0.4 is 0 Å². The van der Waals surface area contributed by atoms with Crippen LogP contribution in [0.5, 0.6) is 0 Å². The second-order valence-corrected chi connectivity index (χ2v) is 3.94. The van der Waals surface area contributed by atoms with Crippen LogP contribution in [0.2, 0.25) is 0 Å². The summed E-state index contributed by atoms with van der Waals surface area (Å²) in [6.07, 6.45) is 5.60. The minimum absolute atomic E-state index is 0.426. The van der Waals surface area contributed by atoms with E-state index in [-0.39, 0.29) is 0 Å². The zero-order valence-corrected chi connectivity index (χ0v) is 6.62. The van der Waals surface area contributed by atoms with Crippen molar-refractivity contribution in [3.63, 3.8) is 0 Å².